The quantitative estimate of drug-likeness (QED) is 0.481. The van der Waals surface area contributed by atoms with Gasteiger partial charge in [-0.3, -0.25) is 9.59 Å². The molecule has 0 saturated heterocycles. The average Bonchev–Trinajstić information content (AvgIpc) is 3.14. The van der Waals surface area contributed by atoms with E-state index >= 15 is 0 Å². The van der Waals surface area contributed by atoms with Crippen molar-refractivity contribution in [2.24, 2.45) is 0 Å². The molecule has 0 atom stereocenters. The Hall–Kier alpha value is -3.79. The smallest absolute Gasteiger partial charge is 0.198 e. The molecule has 0 amide bonds. The summed E-state index contributed by atoms with van der Waals surface area (Å²) in [5.41, 5.74) is 4.59. The van der Waals surface area contributed by atoms with Crippen LogP contribution in [0.15, 0.2) is 89.7 Å². The second-order valence-electron chi connectivity index (χ2n) is 6.41. The predicted molar refractivity (Wildman–Crippen MR) is 104 cm³/mol. The van der Waals surface area contributed by atoms with Crippen molar-refractivity contribution in [3.05, 3.63) is 106 Å². The van der Waals surface area contributed by atoms with E-state index in [4.69, 9.17) is 5.10 Å². The van der Waals surface area contributed by atoms with Crippen LogP contribution < -0.4 is 5.43 Å². The van der Waals surface area contributed by atoms with E-state index in [1.807, 2.05) is 60.7 Å². The lowest BCUT2D eigenvalue weighted by Gasteiger charge is -2.05. The van der Waals surface area contributed by atoms with E-state index in [0.29, 0.717) is 28.1 Å². The maximum absolute atomic E-state index is 13.2. The summed E-state index contributed by atoms with van der Waals surface area (Å²) >= 11 is 0. The molecule has 0 N–H and O–H groups in total. The lowest BCUT2D eigenvalue weighted by Crippen LogP contribution is -2.00. The van der Waals surface area contributed by atoms with E-state index in [0.717, 1.165) is 11.3 Å². The van der Waals surface area contributed by atoms with Crippen LogP contribution in [0, 0.1) is 0 Å². The van der Waals surface area contributed by atoms with Crippen molar-refractivity contribution >= 4 is 5.78 Å². The maximum Gasteiger partial charge on any atom is 0.198 e. The maximum atomic E-state index is 13.2. The molecule has 5 rings (SSSR count). The highest BCUT2D eigenvalue weighted by atomic mass is 16.1. The van der Waals surface area contributed by atoms with Gasteiger partial charge in [-0.1, -0.05) is 60.7 Å². The van der Waals surface area contributed by atoms with Gasteiger partial charge in [-0.25, -0.2) is 4.68 Å². The van der Waals surface area contributed by atoms with Gasteiger partial charge in [0.1, 0.15) is 5.69 Å². The summed E-state index contributed by atoms with van der Waals surface area (Å²) in [6.07, 6.45) is 0. The minimum Gasteiger partial charge on any atom is -0.290 e. The Bertz CT molecular complexity index is 1240. The standard InChI is InChI=1S/C23H14N2O2/c26-17-12-7-13-18-19(14-17)22-20(23(18)27)21(15-8-3-1-4-9-15)24-25(22)16-10-5-2-6-11-16/h1-14H. The molecule has 4 aromatic rings. The summed E-state index contributed by atoms with van der Waals surface area (Å²) < 4.78 is 1.76. The van der Waals surface area contributed by atoms with E-state index in [1.165, 1.54) is 12.1 Å². The number of hydrogen-bond donors (Lipinski definition) is 0. The van der Waals surface area contributed by atoms with E-state index in [1.54, 1.807) is 16.8 Å². The van der Waals surface area contributed by atoms with Crippen molar-refractivity contribution in [3.8, 4) is 28.2 Å². The van der Waals surface area contributed by atoms with Gasteiger partial charge in [0.15, 0.2) is 11.2 Å². The highest BCUT2D eigenvalue weighted by Crippen LogP contribution is 2.41. The molecule has 128 valence electrons. The number of nitrogens with zero attached hydrogens (tertiary/aromatic N) is 2. The fraction of sp³-hybridized carbons (Fsp3) is 0. The number of rotatable bonds is 2. The van der Waals surface area contributed by atoms with Crippen molar-refractivity contribution < 1.29 is 4.79 Å². The van der Waals surface area contributed by atoms with E-state index in [-0.39, 0.29) is 11.2 Å². The van der Waals surface area contributed by atoms with Crippen LogP contribution in [-0.4, -0.2) is 15.6 Å². The van der Waals surface area contributed by atoms with Gasteiger partial charge in [0.05, 0.1) is 16.9 Å². The summed E-state index contributed by atoms with van der Waals surface area (Å²) in [6, 6.07) is 25.6. The Morgan fingerprint density at radius 2 is 1.41 bits per heavy atom. The van der Waals surface area contributed by atoms with Crippen LogP contribution >= 0.6 is 0 Å². The van der Waals surface area contributed by atoms with E-state index < -0.39 is 0 Å². The molecule has 27 heavy (non-hydrogen) atoms. The molecule has 0 bridgehead atoms. The number of carbonyl (C=O) groups excluding carboxylic acids is 1. The third-order valence-electron chi connectivity index (χ3n) is 4.76. The Kier molecular flexibility index (Phi) is 3.37. The number of ketones is 1. The summed E-state index contributed by atoms with van der Waals surface area (Å²) in [7, 11) is 0. The molecule has 1 aromatic heterocycles. The molecule has 0 spiro atoms. The van der Waals surface area contributed by atoms with Gasteiger partial charge < -0.3 is 0 Å². The van der Waals surface area contributed by atoms with Crippen molar-refractivity contribution in [3.63, 3.8) is 0 Å². The molecule has 0 aliphatic heterocycles. The number of fused-ring (bicyclic) bond motifs is 3. The van der Waals surface area contributed by atoms with Crippen LogP contribution in [0.3, 0.4) is 0 Å². The topological polar surface area (TPSA) is 52.0 Å². The lowest BCUT2D eigenvalue weighted by molar-refractivity contribution is 0.104. The zero-order chi connectivity index (χ0) is 18.4. The van der Waals surface area contributed by atoms with Gasteiger partial charge in [-0.05, 0) is 24.3 Å². The molecule has 1 heterocycles. The summed E-state index contributed by atoms with van der Waals surface area (Å²) in [6.45, 7) is 0. The Labute approximate surface area is 155 Å². The molecule has 4 nitrogen and oxygen atoms in total. The second-order valence-corrected chi connectivity index (χ2v) is 6.41. The zero-order valence-corrected chi connectivity index (χ0v) is 14.3. The van der Waals surface area contributed by atoms with Crippen LogP contribution in [0.1, 0.15) is 15.9 Å². The second kappa shape index (κ2) is 5.88. The fourth-order valence-corrected chi connectivity index (χ4v) is 3.56. The molecular weight excluding hydrogens is 336 g/mol. The molecule has 4 heteroatoms. The lowest BCUT2D eigenvalue weighted by atomic mass is 10.0. The minimum absolute atomic E-state index is 0.100. The van der Waals surface area contributed by atoms with Gasteiger partial charge in [-0.15, -0.1) is 0 Å². The number of benzene rings is 2. The number of para-hydroxylation sites is 1. The minimum atomic E-state index is -0.140. The number of aromatic nitrogens is 2. The van der Waals surface area contributed by atoms with Crippen LogP contribution in [0.4, 0.5) is 0 Å². The third-order valence-corrected chi connectivity index (χ3v) is 4.76. The van der Waals surface area contributed by atoms with Gasteiger partial charge in [0.2, 0.25) is 0 Å². The molecule has 1 aliphatic carbocycles. The van der Waals surface area contributed by atoms with Crippen LogP contribution in [-0.2, 0) is 0 Å². The highest BCUT2D eigenvalue weighted by molar-refractivity contribution is 6.24. The largest absolute Gasteiger partial charge is 0.290 e. The van der Waals surface area contributed by atoms with Gasteiger partial charge >= 0.3 is 0 Å². The van der Waals surface area contributed by atoms with Crippen molar-refractivity contribution in [2.75, 3.05) is 0 Å². The van der Waals surface area contributed by atoms with E-state index in [2.05, 4.69) is 0 Å². The first-order valence-corrected chi connectivity index (χ1v) is 8.67. The molecule has 0 unspecified atom stereocenters. The van der Waals surface area contributed by atoms with E-state index in [9.17, 15) is 9.59 Å². The predicted octanol–water partition coefficient (Wildman–Crippen LogP) is 4.11. The van der Waals surface area contributed by atoms with Crippen LogP contribution in [0.5, 0.6) is 0 Å². The van der Waals surface area contributed by atoms with Crippen LogP contribution in [0.2, 0.25) is 0 Å². The third kappa shape index (κ3) is 2.34. The average molecular weight is 350 g/mol. The summed E-state index contributed by atoms with van der Waals surface area (Å²) in [4.78, 5) is 25.4. The van der Waals surface area contributed by atoms with Gasteiger partial charge in [0.25, 0.3) is 0 Å². The molecule has 0 saturated carbocycles. The number of carbonyl (C=O) groups is 1. The van der Waals surface area contributed by atoms with Crippen molar-refractivity contribution in [2.45, 2.75) is 0 Å². The van der Waals surface area contributed by atoms with Gasteiger partial charge in [0, 0.05) is 16.7 Å². The normalized spacial score (nSPS) is 11.9. The molecular formula is C23H14N2O2. The summed E-state index contributed by atoms with van der Waals surface area (Å²) in [5, 5.41) is 4.77. The van der Waals surface area contributed by atoms with Crippen LogP contribution in [0.25, 0.3) is 28.2 Å². The first kappa shape index (κ1) is 15.5. The first-order chi connectivity index (χ1) is 13.2. The van der Waals surface area contributed by atoms with Gasteiger partial charge in [-0.2, -0.15) is 5.10 Å². The first-order valence-electron chi connectivity index (χ1n) is 8.67. The Balaban J connectivity index is 1.90. The monoisotopic (exact) mass is 350 g/mol. The Morgan fingerprint density at radius 1 is 0.704 bits per heavy atom. The zero-order valence-electron chi connectivity index (χ0n) is 14.3. The SMILES string of the molecule is O=C1c2cccc(=O)cc2-c2c1c(-c1ccccc1)nn2-c1ccccc1. The molecule has 3 aromatic carbocycles. The Morgan fingerprint density at radius 3 is 2.15 bits per heavy atom. The molecule has 1 aliphatic rings. The van der Waals surface area contributed by atoms with Crippen molar-refractivity contribution in [1.82, 2.24) is 9.78 Å². The fourth-order valence-electron chi connectivity index (χ4n) is 3.56. The van der Waals surface area contributed by atoms with Crippen molar-refractivity contribution in [1.29, 1.82) is 0 Å². The number of hydrogen-bond acceptors (Lipinski definition) is 3. The summed E-state index contributed by atoms with van der Waals surface area (Å²) in [5.74, 6) is -0.100. The molecule has 0 radical (unpaired) electrons. The molecule has 0 fully saturated rings. The highest BCUT2D eigenvalue weighted by Gasteiger charge is 2.35.